The Bertz CT molecular complexity index is 329. The average molecular weight is 249 g/mol. The van der Waals surface area contributed by atoms with E-state index in [0.717, 1.165) is 4.58 Å². The van der Waals surface area contributed by atoms with E-state index < -0.39 is 0 Å². The van der Waals surface area contributed by atoms with Gasteiger partial charge in [0.05, 0.1) is 4.58 Å². The zero-order valence-corrected chi connectivity index (χ0v) is 11.1. The van der Waals surface area contributed by atoms with Crippen LogP contribution >= 0.6 is 23.5 Å². The third-order valence-electron chi connectivity index (χ3n) is 3.40. The number of thioether (sulfide) groups is 2. The molecule has 0 spiro atoms. The van der Waals surface area contributed by atoms with Gasteiger partial charge in [0.1, 0.15) is 0 Å². The summed E-state index contributed by atoms with van der Waals surface area (Å²) in [5.41, 5.74) is 0. The van der Waals surface area contributed by atoms with E-state index in [1.54, 1.807) is 0 Å². The van der Waals surface area contributed by atoms with Crippen LogP contribution in [0.3, 0.4) is 0 Å². The van der Waals surface area contributed by atoms with Gasteiger partial charge in [-0.3, -0.25) is 0 Å². The van der Waals surface area contributed by atoms with Crippen LogP contribution in [0.2, 0.25) is 0 Å². The van der Waals surface area contributed by atoms with Crippen LogP contribution < -0.4 is 0 Å². The van der Waals surface area contributed by atoms with Gasteiger partial charge in [0.15, 0.2) is 0 Å². The standard InChI is InChI=1S/C14H17S2/c1-2-4-8-11(7-3-1)14-15-12-9-5-6-10-13(12)16-14/h5-6,9-10,14H,1-4,7-8H2. The predicted octanol–water partition coefficient (Wildman–Crippen LogP) is 5.14. The fourth-order valence-electron chi connectivity index (χ4n) is 2.48. The van der Waals surface area contributed by atoms with Gasteiger partial charge in [-0.05, 0) is 30.9 Å². The third-order valence-corrected chi connectivity index (χ3v) is 6.42. The number of hydrogen-bond donors (Lipinski definition) is 0. The average Bonchev–Trinajstić information content (AvgIpc) is 2.56. The molecular weight excluding hydrogens is 232 g/mol. The minimum atomic E-state index is 0.718. The topological polar surface area (TPSA) is 0 Å². The Balaban J connectivity index is 1.70. The minimum Gasteiger partial charge on any atom is -0.110 e. The lowest BCUT2D eigenvalue weighted by molar-refractivity contribution is 0.702. The molecule has 3 rings (SSSR count). The van der Waals surface area contributed by atoms with E-state index in [4.69, 9.17) is 0 Å². The van der Waals surface area contributed by atoms with Gasteiger partial charge in [-0.2, -0.15) is 0 Å². The molecule has 0 nitrogen and oxygen atoms in total. The molecule has 1 aromatic rings. The fraction of sp³-hybridized carbons (Fsp3) is 0.500. The number of rotatable bonds is 1. The van der Waals surface area contributed by atoms with Crippen LogP contribution in [0.15, 0.2) is 34.1 Å². The summed E-state index contributed by atoms with van der Waals surface area (Å²) in [4.78, 5) is 2.99. The monoisotopic (exact) mass is 249 g/mol. The highest BCUT2D eigenvalue weighted by Gasteiger charge is 2.30. The molecule has 0 aromatic heterocycles. The Morgan fingerprint density at radius 2 is 1.38 bits per heavy atom. The maximum atomic E-state index is 2.27. The molecule has 16 heavy (non-hydrogen) atoms. The van der Waals surface area contributed by atoms with Crippen LogP contribution in [0.4, 0.5) is 0 Å². The Hall–Kier alpha value is -0.0800. The largest absolute Gasteiger partial charge is 0.110 e. The molecule has 2 heteroatoms. The lowest BCUT2D eigenvalue weighted by Crippen LogP contribution is -2.07. The smallest absolute Gasteiger partial charge is 0.0659 e. The first-order chi connectivity index (χ1) is 7.93. The van der Waals surface area contributed by atoms with E-state index in [1.165, 1.54) is 48.3 Å². The Morgan fingerprint density at radius 1 is 0.812 bits per heavy atom. The molecule has 1 aliphatic carbocycles. The second-order valence-electron chi connectivity index (χ2n) is 4.59. The third kappa shape index (κ3) is 2.28. The molecule has 1 fully saturated rings. The van der Waals surface area contributed by atoms with Crippen molar-refractivity contribution >= 4 is 23.5 Å². The molecule has 1 heterocycles. The normalized spacial score (nSPS) is 23.0. The van der Waals surface area contributed by atoms with Crippen LogP contribution in [-0.2, 0) is 0 Å². The fourth-order valence-corrected chi connectivity index (χ4v) is 5.54. The maximum Gasteiger partial charge on any atom is 0.0659 e. The highest BCUT2D eigenvalue weighted by Crippen LogP contribution is 2.53. The number of hydrogen-bond acceptors (Lipinski definition) is 2. The highest BCUT2D eigenvalue weighted by molar-refractivity contribution is 8.19. The van der Waals surface area contributed by atoms with Gasteiger partial charge in [-0.15, -0.1) is 23.5 Å². The Morgan fingerprint density at radius 3 is 1.94 bits per heavy atom. The van der Waals surface area contributed by atoms with Crippen LogP contribution in [0.5, 0.6) is 0 Å². The van der Waals surface area contributed by atoms with Crippen molar-refractivity contribution in [2.45, 2.75) is 52.9 Å². The number of fused-ring (bicyclic) bond motifs is 1. The first kappa shape index (κ1) is 11.0. The van der Waals surface area contributed by atoms with Crippen LogP contribution in [0, 0.1) is 5.92 Å². The molecule has 1 aromatic carbocycles. The molecular formula is C14H17S2. The molecule has 0 N–H and O–H groups in total. The van der Waals surface area contributed by atoms with E-state index in [0.29, 0.717) is 0 Å². The summed E-state index contributed by atoms with van der Waals surface area (Å²) in [5, 5.41) is 0. The Labute approximate surface area is 107 Å². The van der Waals surface area contributed by atoms with Crippen molar-refractivity contribution in [3.05, 3.63) is 30.2 Å². The molecule has 0 saturated heterocycles. The summed E-state index contributed by atoms with van der Waals surface area (Å²) in [6.07, 6.45) is 8.47. The van der Waals surface area contributed by atoms with Crippen molar-refractivity contribution in [2.75, 3.05) is 0 Å². The van der Waals surface area contributed by atoms with Crippen LogP contribution in [-0.4, -0.2) is 4.58 Å². The summed E-state index contributed by atoms with van der Waals surface area (Å²) < 4.78 is 0.718. The van der Waals surface area contributed by atoms with Crippen molar-refractivity contribution in [1.29, 1.82) is 0 Å². The molecule has 1 saturated carbocycles. The summed E-state index contributed by atoms with van der Waals surface area (Å²) in [5.74, 6) is 1.81. The first-order valence-corrected chi connectivity index (χ1v) is 7.96. The second kappa shape index (κ2) is 5.05. The summed E-state index contributed by atoms with van der Waals surface area (Å²) in [7, 11) is 0. The number of benzene rings is 1. The molecule has 85 valence electrons. The molecule has 1 aliphatic heterocycles. The van der Waals surface area contributed by atoms with Gasteiger partial charge in [0, 0.05) is 9.79 Å². The van der Waals surface area contributed by atoms with Crippen molar-refractivity contribution < 1.29 is 0 Å². The molecule has 0 atom stereocenters. The van der Waals surface area contributed by atoms with Crippen LogP contribution in [0.1, 0.15) is 38.5 Å². The molecule has 1 radical (unpaired) electrons. The van der Waals surface area contributed by atoms with E-state index in [9.17, 15) is 0 Å². The van der Waals surface area contributed by atoms with Crippen molar-refractivity contribution in [3.63, 3.8) is 0 Å². The highest BCUT2D eigenvalue weighted by atomic mass is 32.2. The second-order valence-corrected chi connectivity index (χ2v) is 7.18. The summed E-state index contributed by atoms with van der Waals surface area (Å²) in [6.45, 7) is 0. The van der Waals surface area contributed by atoms with Crippen molar-refractivity contribution in [1.82, 2.24) is 0 Å². The van der Waals surface area contributed by atoms with E-state index in [2.05, 4.69) is 47.8 Å². The van der Waals surface area contributed by atoms with Gasteiger partial charge in [-0.1, -0.05) is 37.8 Å². The first-order valence-electron chi connectivity index (χ1n) is 6.20. The lowest BCUT2D eigenvalue weighted by atomic mass is 10.0. The van der Waals surface area contributed by atoms with Crippen LogP contribution in [0.25, 0.3) is 0 Å². The van der Waals surface area contributed by atoms with Crippen molar-refractivity contribution in [3.8, 4) is 0 Å². The van der Waals surface area contributed by atoms with Gasteiger partial charge >= 0.3 is 0 Å². The Kier molecular flexibility index (Phi) is 3.49. The lowest BCUT2D eigenvalue weighted by Gasteiger charge is -2.19. The van der Waals surface area contributed by atoms with Crippen molar-refractivity contribution in [2.24, 2.45) is 0 Å². The van der Waals surface area contributed by atoms with E-state index >= 15 is 0 Å². The SMILES string of the molecule is c1ccc2c(c1)SC([C]1CCCCCC1)S2. The molecule has 0 unspecified atom stereocenters. The van der Waals surface area contributed by atoms with Gasteiger partial charge in [0.2, 0.25) is 0 Å². The quantitative estimate of drug-likeness (QED) is 0.632. The summed E-state index contributed by atoms with van der Waals surface area (Å²) >= 11 is 4.16. The molecule has 2 aliphatic rings. The van der Waals surface area contributed by atoms with Gasteiger partial charge < -0.3 is 0 Å². The summed E-state index contributed by atoms with van der Waals surface area (Å²) in [6, 6.07) is 8.85. The minimum absolute atomic E-state index is 0.718. The molecule has 0 amide bonds. The predicted molar refractivity (Wildman–Crippen MR) is 72.9 cm³/mol. The zero-order valence-electron chi connectivity index (χ0n) is 9.45. The van der Waals surface area contributed by atoms with E-state index in [-0.39, 0.29) is 0 Å². The van der Waals surface area contributed by atoms with Gasteiger partial charge in [0.25, 0.3) is 0 Å². The molecule has 0 bridgehead atoms. The zero-order chi connectivity index (χ0) is 10.8. The maximum absolute atomic E-state index is 2.27. The van der Waals surface area contributed by atoms with E-state index in [1.807, 2.05) is 5.92 Å². The van der Waals surface area contributed by atoms with Gasteiger partial charge in [-0.25, -0.2) is 0 Å².